The zero-order valence-corrected chi connectivity index (χ0v) is 11.4. The molecule has 2 N–H and O–H groups in total. The van der Waals surface area contributed by atoms with Gasteiger partial charge >= 0.3 is 5.97 Å². The van der Waals surface area contributed by atoms with E-state index in [1.54, 1.807) is 13.8 Å². The summed E-state index contributed by atoms with van der Waals surface area (Å²) in [5, 5.41) is 10.9. The number of nitrogens with one attached hydrogen (secondary N) is 1. The number of hydrogen-bond acceptors (Lipinski definition) is 3. The first-order chi connectivity index (χ1) is 7.17. The second-order valence-electron chi connectivity index (χ2n) is 4.75. The molecule has 0 heterocycles. The van der Waals surface area contributed by atoms with E-state index in [0.29, 0.717) is 6.42 Å². The predicted molar refractivity (Wildman–Crippen MR) is 66.7 cm³/mol. The van der Waals surface area contributed by atoms with E-state index >= 15 is 0 Å². The lowest BCUT2D eigenvalue weighted by atomic mass is 10.1. The molecule has 16 heavy (non-hydrogen) atoms. The highest BCUT2D eigenvalue weighted by Gasteiger charge is 2.25. The van der Waals surface area contributed by atoms with Crippen molar-refractivity contribution in [1.82, 2.24) is 5.32 Å². The van der Waals surface area contributed by atoms with Crippen molar-refractivity contribution in [2.45, 2.75) is 57.1 Å². The topological polar surface area (TPSA) is 66.4 Å². The Morgan fingerprint density at radius 3 is 2.19 bits per heavy atom. The van der Waals surface area contributed by atoms with Crippen molar-refractivity contribution in [1.29, 1.82) is 0 Å². The van der Waals surface area contributed by atoms with Crippen LogP contribution >= 0.6 is 11.8 Å². The Morgan fingerprint density at radius 2 is 1.88 bits per heavy atom. The Labute approximate surface area is 101 Å². The number of carbonyl (C=O) groups excluding carboxylic acids is 1. The van der Waals surface area contributed by atoms with Gasteiger partial charge in [-0.2, -0.15) is 0 Å². The van der Waals surface area contributed by atoms with E-state index in [1.165, 1.54) is 11.8 Å². The van der Waals surface area contributed by atoms with Crippen molar-refractivity contribution in [3.05, 3.63) is 0 Å². The van der Waals surface area contributed by atoms with E-state index in [-0.39, 0.29) is 16.7 Å². The van der Waals surface area contributed by atoms with Gasteiger partial charge in [-0.15, -0.1) is 11.8 Å². The number of carbonyl (C=O) groups is 2. The van der Waals surface area contributed by atoms with Gasteiger partial charge in [0.1, 0.15) is 5.25 Å². The Bertz CT molecular complexity index is 260. The van der Waals surface area contributed by atoms with Crippen LogP contribution in [0, 0.1) is 0 Å². The van der Waals surface area contributed by atoms with Crippen molar-refractivity contribution in [3.8, 4) is 0 Å². The van der Waals surface area contributed by atoms with Crippen LogP contribution in [-0.4, -0.2) is 33.0 Å². The van der Waals surface area contributed by atoms with Crippen LogP contribution in [0.5, 0.6) is 0 Å². The van der Waals surface area contributed by atoms with Crippen molar-refractivity contribution >= 4 is 23.6 Å². The Hall–Kier alpha value is -0.710. The first kappa shape index (κ1) is 15.3. The fourth-order valence-electron chi connectivity index (χ4n) is 1.11. The first-order valence-corrected chi connectivity index (χ1v) is 6.32. The van der Waals surface area contributed by atoms with E-state index in [0.717, 1.165) is 0 Å². The molecule has 0 spiro atoms. The number of thioether (sulfide) groups is 1. The van der Waals surface area contributed by atoms with Crippen LogP contribution in [0.3, 0.4) is 0 Å². The second-order valence-corrected chi connectivity index (χ2v) is 6.30. The normalized spacial score (nSPS) is 15.3. The molecule has 5 heteroatoms. The molecule has 0 aliphatic heterocycles. The maximum absolute atomic E-state index is 11.7. The average molecular weight is 247 g/mol. The molecule has 0 saturated heterocycles. The van der Waals surface area contributed by atoms with Crippen molar-refractivity contribution in [3.63, 3.8) is 0 Å². The number of carboxylic acids is 1. The van der Waals surface area contributed by atoms with Crippen molar-refractivity contribution < 1.29 is 14.7 Å². The number of rotatable bonds is 5. The lowest BCUT2D eigenvalue weighted by molar-refractivity contribution is -0.136. The van der Waals surface area contributed by atoms with E-state index < -0.39 is 11.2 Å². The highest BCUT2D eigenvalue weighted by molar-refractivity contribution is 8.01. The molecule has 4 nitrogen and oxygen atoms in total. The van der Waals surface area contributed by atoms with Gasteiger partial charge in [-0.25, -0.2) is 0 Å². The van der Waals surface area contributed by atoms with Crippen molar-refractivity contribution in [2.24, 2.45) is 0 Å². The molecule has 2 unspecified atom stereocenters. The van der Waals surface area contributed by atoms with Crippen LogP contribution in [0.2, 0.25) is 0 Å². The fourth-order valence-corrected chi connectivity index (χ4v) is 2.09. The first-order valence-electron chi connectivity index (χ1n) is 5.37. The largest absolute Gasteiger partial charge is 0.480 e. The molecule has 0 radical (unpaired) electrons. The minimum absolute atomic E-state index is 0.114. The van der Waals surface area contributed by atoms with Gasteiger partial charge in [0.2, 0.25) is 5.91 Å². The summed E-state index contributed by atoms with van der Waals surface area (Å²) in [5.74, 6) is -0.972. The maximum atomic E-state index is 11.7. The summed E-state index contributed by atoms with van der Waals surface area (Å²) in [7, 11) is 0. The van der Waals surface area contributed by atoms with E-state index in [9.17, 15) is 9.59 Å². The minimum atomic E-state index is -0.858. The van der Waals surface area contributed by atoms with Crippen LogP contribution < -0.4 is 5.32 Å². The van der Waals surface area contributed by atoms with Gasteiger partial charge in [0.15, 0.2) is 0 Å². The third-order valence-electron chi connectivity index (χ3n) is 1.88. The zero-order chi connectivity index (χ0) is 12.9. The van der Waals surface area contributed by atoms with Gasteiger partial charge in [0, 0.05) is 5.54 Å². The summed E-state index contributed by atoms with van der Waals surface area (Å²) in [6.45, 7) is 9.24. The van der Waals surface area contributed by atoms with E-state index in [1.807, 2.05) is 20.8 Å². The molecule has 1 amide bonds. The van der Waals surface area contributed by atoms with Gasteiger partial charge < -0.3 is 10.4 Å². The van der Waals surface area contributed by atoms with Gasteiger partial charge in [-0.3, -0.25) is 9.59 Å². The third-order valence-corrected chi connectivity index (χ3v) is 3.37. The SMILES string of the molecule is CCC(SC(C)C(=O)NC(C)(C)C)C(=O)O. The molecule has 0 rings (SSSR count). The molecule has 0 aliphatic carbocycles. The van der Waals surface area contributed by atoms with Gasteiger partial charge in [0.05, 0.1) is 5.25 Å². The molecule has 0 aromatic heterocycles. The summed E-state index contributed by atoms with van der Waals surface area (Å²) in [4.78, 5) is 22.5. The molecular formula is C11H21NO3S. The van der Waals surface area contributed by atoms with Crippen LogP contribution in [0.4, 0.5) is 0 Å². The number of carboxylic acid groups (broad SMARTS) is 1. The van der Waals surface area contributed by atoms with E-state index in [4.69, 9.17) is 5.11 Å². The second kappa shape index (κ2) is 6.13. The van der Waals surface area contributed by atoms with Gasteiger partial charge in [-0.1, -0.05) is 6.92 Å². The summed E-state index contributed by atoms with van der Waals surface area (Å²) in [6.07, 6.45) is 0.521. The van der Waals surface area contributed by atoms with Gasteiger partial charge in [0.25, 0.3) is 0 Å². The van der Waals surface area contributed by atoms with E-state index in [2.05, 4.69) is 5.32 Å². The van der Waals surface area contributed by atoms with Crippen LogP contribution in [0.15, 0.2) is 0 Å². The lowest BCUT2D eigenvalue weighted by Crippen LogP contribution is -2.44. The summed E-state index contributed by atoms with van der Waals surface area (Å²) < 4.78 is 0. The Balaban J connectivity index is 4.29. The maximum Gasteiger partial charge on any atom is 0.316 e. The molecule has 0 aromatic rings. The number of amides is 1. The molecule has 2 atom stereocenters. The summed E-state index contributed by atoms with van der Waals surface area (Å²) >= 11 is 1.19. The highest BCUT2D eigenvalue weighted by Crippen LogP contribution is 2.21. The standard InChI is InChI=1S/C11H21NO3S/c1-6-8(10(14)15)16-7(2)9(13)12-11(3,4)5/h7-8H,6H2,1-5H3,(H,12,13)(H,14,15). The molecular weight excluding hydrogens is 226 g/mol. The Morgan fingerprint density at radius 1 is 1.38 bits per heavy atom. The van der Waals surface area contributed by atoms with Gasteiger partial charge in [-0.05, 0) is 34.1 Å². The summed E-state index contributed by atoms with van der Waals surface area (Å²) in [6, 6.07) is 0. The monoisotopic (exact) mass is 247 g/mol. The summed E-state index contributed by atoms with van der Waals surface area (Å²) in [5.41, 5.74) is -0.281. The molecule has 0 bridgehead atoms. The van der Waals surface area contributed by atoms with Crippen LogP contribution in [0.1, 0.15) is 41.0 Å². The smallest absolute Gasteiger partial charge is 0.316 e. The lowest BCUT2D eigenvalue weighted by Gasteiger charge is -2.24. The predicted octanol–water partition coefficient (Wildman–Crippen LogP) is 1.89. The third kappa shape index (κ3) is 6.00. The molecule has 0 fully saturated rings. The molecule has 94 valence electrons. The number of hydrogen-bond donors (Lipinski definition) is 2. The highest BCUT2D eigenvalue weighted by atomic mass is 32.2. The quantitative estimate of drug-likeness (QED) is 0.778. The van der Waals surface area contributed by atoms with Crippen molar-refractivity contribution in [2.75, 3.05) is 0 Å². The average Bonchev–Trinajstić information content (AvgIpc) is 2.10. The van der Waals surface area contributed by atoms with Crippen LogP contribution in [-0.2, 0) is 9.59 Å². The molecule has 0 aliphatic rings. The van der Waals surface area contributed by atoms with Crippen LogP contribution in [0.25, 0.3) is 0 Å². The molecule has 0 saturated carbocycles. The molecule has 0 aromatic carbocycles. The minimum Gasteiger partial charge on any atom is -0.480 e. The fraction of sp³-hybridized carbons (Fsp3) is 0.818. The zero-order valence-electron chi connectivity index (χ0n) is 10.5. The Kier molecular flexibility index (Phi) is 5.86. The number of aliphatic carboxylic acids is 1.